The van der Waals surface area contributed by atoms with Gasteiger partial charge < -0.3 is 15.2 Å². The van der Waals surface area contributed by atoms with Crippen molar-refractivity contribution in [3.63, 3.8) is 0 Å². The first-order valence-corrected chi connectivity index (χ1v) is 6.96. The summed E-state index contributed by atoms with van der Waals surface area (Å²) < 4.78 is 11.7. The van der Waals surface area contributed by atoms with Gasteiger partial charge in [0.2, 0.25) is 0 Å². The maximum atomic E-state index is 6.12. The highest BCUT2D eigenvalue weighted by molar-refractivity contribution is 4.94. The van der Waals surface area contributed by atoms with Gasteiger partial charge in [0.1, 0.15) is 0 Å². The summed E-state index contributed by atoms with van der Waals surface area (Å²) in [6.45, 7) is 14.0. The van der Waals surface area contributed by atoms with E-state index in [9.17, 15) is 0 Å². The minimum atomic E-state index is -0.0863. The molecule has 4 nitrogen and oxygen atoms in total. The van der Waals surface area contributed by atoms with Gasteiger partial charge in [-0.25, -0.2) is 0 Å². The van der Waals surface area contributed by atoms with Gasteiger partial charge in [-0.3, -0.25) is 4.90 Å². The fourth-order valence-electron chi connectivity index (χ4n) is 3.53. The highest BCUT2D eigenvalue weighted by Crippen LogP contribution is 2.33. The largest absolute Gasteiger partial charge is 0.381 e. The summed E-state index contributed by atoms with van der Waals surface area (Å²) in [7, 11) is 0. The SMILES string of the molecule is CC1(C)CN(CC2(CN)CCOC2)CC(C)(C)O1. The van der Waals surface area contributed by atoms with Crippen molar-refractivity contribution in [3.8, 4) is 0 Å². The van der Waals surface area contributed by atoms with Crippen LogP contribution in [0.2, 0.25) is 0 Å². The van der Waals surface area contributed by atoms with Crippen LogP contribution in [-0.4, -0.2) is 55.5 Å². The normalized spacial score (nSPS) is 35.8. The third-order valence-corrected chi connectivity index (χ3v) is 3.94. The van der Waals surface area contributed by atoms with E-state index in [-0.39, 0.29) is 16.6 Å². The first-order valence-electron chi connectivity index (χ1n) is 6.96. The van der Waals surface area contributed by atoms with Crippen LogP contribution in [0.1, 0.15) is 34.1 Å². The number of ether oxygens (including phenoxy) is 2. The molecule has 18 heavy (non-hydrogen) atoms. The predicted octanol–water partition coefficient (Wildman–Crippen LogP) is 1.24. The number of rotatable bonds is 3. The lowest BCUT2D eigenvalue weighted by atomic mass is 9.85. The summed E-state index contributed by atoms with van der Waals surface area (Å²) in [5, 5.41) is 0. The molecular formula is C14H28N2O2. The van der Waals surface area contributed by atoms with Crippen molar-refractivity contribution in [1.29, 1.82) is 0 Å². The number of nitrogens with two attached hydrogens (primary N) is 1. The van der Waals surface area contributed by atoms with Crippen LogP contribution in [0.25, 0.3) is 0 Å². The van der Waals surface area contributed by atoms with E-state index in [4.69, 9.17) is 15.2 Å². The van der Waals surface area contributed by atoms with Crippen molar-refractivity contribution in [2.24, 2.45) is 11.1 Å². The summed E-state index contributed by atoms with van der Waals surface area (Å²) >= 11 is 0. The minimum absolute atomic E-state index is 0.0863. The van der Waals surface area contributed by atoms with Crippen LogP contribution >= 0.6 is 0 Å². The molecule has 1 unspecified atom stereocenters. The molecule has 1 atom stereocenters. The van der Waals surface area contributed by atoms with Crippen molar-refractivity contribution < 1.29 is 9.47 Å². The van der Waals surface area contributed by atoms with Gasteiger partial charge in [-0.1, -0.05) is 0 Å². The summed E-state index contributed by atoms with van der Waals surface area (Å²) in [4.78, 5) is 2.50. The summed E-state index contributed by atoms with van der Waals surface area (Å²) in [5.74, 6) is 0. The average Bonchev–Trinajstić information content (AvgIpc) is 2.61. The van der Waals surface area contributed by atoms with Crippen molar-refractivity contribution in [1.82, 2.24) is 4.90 Å². The van der Waals surface area contributed by atoms with Crippen LogP contribution in [-0.2, 0) is 9.47 Å². The van der Waals surface area contributed by atoms with Gasteiger partial charge in [0.15, 0.2) is 0 Å². The van der Waals surface area contributed by atoms with Gasteiger partial charge >= 0.3 is 0 Å². The Morgan fingerprint density at radius 1 is 1.11 bits per heavy atom. The summed E-state index contributed by atoms with van der Waals surface area (Å²) in [6.07, 6.45) is 1.09. The summed E-state index contributed by atoms with van der Waals surface area (Å²) in [6, 6.07) is 0. The van der Waals surface area contributed by atoms with E-state index < -0.39 is 0 Å². The molecule has 2 saturated heterocycles. The molecule has 0 bridgehead atoms. The summed E-state index contributed by atoms with van der Waals surface area (Å²) in [5.41, 5.74) is 5.97. The molecule has 2 N–H and O–H groups in total. The second-order valence-corrected chi connectivity index (χ2v) is 7.27. The first-order chi connectivity index (χ1) is 8.26. The van der Waals surface area contributed by atoms with E-state index in [2.05, 4.69) is 32.6 Å². The molecule has 0 radical (unpaired) electrons. The molecule has 0 saturated carbocycles. The molecule has 0 spiro atoms. The fourth-order valence-corrected chi connectivity index (χ4v) is 3.53. The first kappa shape index (κ1) is 14.3. The highest BCUT2D eigenvalue weighted by atomic mass is 16.5. The van der Waals surface area contributed by atoms with Crippen LogP contribution in [0.3, 0.4) is 0 Å². The van der Waals surface area contributed by atoms with E-state index >= 15 is 0 Å². The van der Waals surface area contributed by atoms with Gasteiger partial charge in [0, 0.05) is 38.2 Å². The molecule has 2 aliphatic heterocycles. The number of nitrogens with zero attached hydrogens (tertiary/aromatic N) is 1. The Kier molecular flexibility index (Phi) is 3.76. The van der Waals surface area contributed by atoms with Gasteiger partial charge in [-0.05, 0) is 34.1 Å². The molecule has 0 amide bonds. The molecule has 0 aromatic rings. The lowest BCUT2D eigenvalue weighted by Gasteiger charge is -2.49. The molecule has 4 heteroatoms. The fraction of sp³-hybridized carbons (Fsp3) is 1.00. The standard InChI is InChI=1S/C14H28N2O2/c1-12(2)8-16(9-13(3,4)18-12)10-14(7-15)5-6-17-11-14/h5-11,15H2,1-4H3. The monoisotopic (exact) mass is 256 g/mol. The molecular weight excluding hydrogens is 228 g/mol. The van der Waals surface area contributed by atoms with Crippen molar-refractivity contribution in [2.75, 3.05) is 39.4 Å². The third kappa shape index (κ3) is 3.23. The Labute approximate surface area is 111 Å². The number of morpholine rings is 1. The maximum Gasteiger partial charge on any atom is 0.0760 e. The lowest BCUT2D eigenvalue weighted by molar-refractivity contribution is -0.184. The smallest absolute Gasteiger partial charge is 0.0760 e. The second-order valence-electron chi connectivity index (χ2n) is 7.27. The van der Waals surface area contributed by atoms with Crippen molar-refractivity contribution in [3.05, 3.63) is 0 Å². The van der Waals surface area contributed by atoms with E-state index in [0.717, 1.165) is 39.3 Å². The Balaban J connectivity index is 2.04. The van der Waals surface area contributed by atoms with E-state index in [1.165, 1.54) is 0 Å². The van der Waals surface area contributed by atoms with Gasteiger partial charge in [-0.2, -0.15) is 0 Å². The molecule has 0 aliphatic carbocycles. The third-order valence-electron chi connectivity index (χ3n) is 3.94. The van der Waals surface area contributed by atoms with Crippen molar-refractivity contribution >= 4 is 0 Å². The molecule has 0 aromatic carbocycles. The van der Waals surface area contributed by atoms with Crippen molar-refractivity contribution in [2.45, 2.75) is 45.3 Å². The Bertz CT molecular complexity index is 280. The predicted molar refractivity (Wildman–Crippen MR) is 72.6 cm³/mol. The number of hydrogen-bond acceptors (Lipinski definition) is 4. The topological polar surface area (TPSA) is 47.7 Å². The highest BCUT2D eigenvalue weighted by Gasteiger charge is 2.42. The minimum Gasteiger partial charge on any atom is -0.381 e. The maximum absolute atomic E-state index is 6.12. The van der Waals surface area contributed by atoms with Crippen LogP contribution in [0.5, 0.6) is 0 Å². The Morgan fingerprint density at radius 2 is 1.72 bits per heavy atom. The molecule has 2 heterocycles. The van der Waals surface area contributed by atoms with Gasteiger partial charge in [0.25, 0.3) is 0 Å². The quantitative estimate of drug-likeness (QED) is 0.825. The van der Waals surface area contributed by atoms with Gasteiger partial charge in [-0.15, -0.1) is 0 Å². The van der Waals surface area contributed by atoms with E-state index in [1.807, 2.05) is 0 Å². The Hall–Kier alpha value is -0.160. The molecule has 2 fully saturated rings. The van der Waals surface area contributed by atoms with Crippen LogP contribution in [0, 0.1) is 5.41 Å². The average molecular weight is 256 g/mol. The van der Waals surface area contributed by atoms with E-state index in [0.29, 0.717) is 6.54 Å². The lowest BCUT2D eigenvalue weighted by Crippen LogP contribution is -2.59. The van der Waals surface area contributed by atoms with E-state index in [1.54, 1.807) is 0 Å². The molecule has 2 aliphatic rings. The van der Waals surface area contributed by atoms with Gasteiger partial charge in [0.05, 0.1) is 17.8 Å². The molecule has 2 rings (SSSR count). The molecule has 106 valence electrons. The van der Waals surface area contributed by atoms with Crippen LogP contribution in [0.15, 0.2) is 0 Å². The zero-order chi connectivity index (χ0) is 13.4. The van der Waals surface area contributed by atoms with Crippen LogP contribution in [0.4, 0.5) is 0 Å². The van der Waals surface area contributed by atoms with Crippen LogP contribution < -0.4 is 5.73 Å². The number of hydrogen-bond donors (Lipinski definition) is 1. The zero-order valence-electron chi connectivity index (χ0n) is 12.3. The second kappa shape index (κ2) is 4.75. The zero-order valence-corrected chi connectivity index (χ0v) is 12.3. The molecule has 0 aromatic heterocycles. The Morgan fingerprint density at radius 3 is 2.17 bits per heavy atom.